The number of carbonyl (C=O) groups is 1. The molecule has 0 radical (unpaired) electrons. The first-order valence-electron chi connectivity index (χ1n) is 14.1. The molecule has 0 spiro atoms. The van der Waals surface area contributed by atoms with E-state index in [1.807, 2.05) is 36.5 Å². The molecular formula is C38H34N2O. The van der Waals surface area contributed by atoms with Gasteiger partial charge in [0.15, 0.2) is 0 Å². The fraction of sp³-hybridized carbons (Fsp3) is 0.105. The lowest BCUT2D eigenvalue weighted by Gasteiger charge is -2.11. The van der Waals surface area contributed by atoms with E-state index in [0.29, 0.717) is 6.54 Å². The lowest BCUT2D eigenvalue weighted by molar-refractivity contribution is -0.116. The van der Waals surface area contributed by atoms with Crippen LogP contribution in [0.4, 0.5) is 0 Å². The quantitative estimate of drug-likeness (QED) is 0.105. The van der Waals surface area contributed by atoms with Crippen LogP contribution in [0, 0.1) is 0 Å². The largest absolute Gasteiger partial charge is 0.353 e. The third-order valence-electron chi connectivity index (χ3n) is 7.03. The summed E-state index contributed by atoms with van der Waals surface area (Å²) in [6, 6.07) is 42.0. The van der Waals surface area contributed by atoms with E-state index in [2.05, 4.69) is 113 Å². The van der Waals surface area contributed by atoms with E-state index in [1.54, 1.807) is 12.3 Å². The van der Waals surface area contributed by atoms with E-state index in [1.165, 1.54) is 27.8 Å². The van der Waals surface area contributed by atoms with Crippen LogP contribution in [-0.2, 0) is 11.2 Å². The fourth-order valence-corrected chi connectivity index (χ4v) is 4.81. The number of aromatic nitrogens is 1. The molecule has 0 fully saturated rings. The summed E-state index contributed by atoms with van der Waals surface area (Å²) in [7, 11) is 0. The standard InChI is InChI=1S/C38H34N2O/c41-38(40-28-8-7-11-30-12-10-27-39-29-30)18-9-17-37(35-23-19-33(20-24-35)31-13-3-1-4-14-31)36-25-21-34(22-26-36)32-15-5-2-6-16-32/h1-6,9-10,12-27,29H,7-8,11,28H2,(H,40,41). The normalized spacial score (nSPS) is 10.8. The van der Waals surface area contributed by atoms with Crippen molar-refractivity contribution in [3.8, 4) is 22.3 Å². The van der Waals surface area contributed by atoms with Crippen LogP contribution in [0.25, 0.3) is 27.8 Å². The van der Waals surface area contributed by atoms with Gasteiger partial charge in [-0.2, -0.15) is 0 Å². The van der Waals surface area contributed by atoms with Crippen molar-refractivity contribution in [1.29, 1.82) is 0 Å². The minimum atomic E-state index is -0.0826. The molecular weight excluding hydrogens is 500 g/mol. The molecule has 0 atom stereocenters. The van der Waals surface area contributed by atoms with Gasteiger partial charge >= 0.3 is 0 Å². The van der Waals surface area contributed by atoms with Crippen molar-refractivity contribution in [1.82, 2.24) is 10.3 Å². The van der Waals surface area contributed by atoms with Crippen LogP contribution in [0.3, 0.4) is 0 Å². The Morgan fingerprint density at radius 2 is 1.20 bits per heavy atom. The molecule has 0 unspecified atom stereocenters. The zero-order valence-corrected chi connectivity index (χ0v) is 23.1. The number of rotatable bonds is 11. The molecule has 0 bridgehead atoms. The first-order valence-corrected chi connectivity index (χ1v) is 14.1. The lowest BCUT2D eigenvalue weighted by Crippen LogP contribution is -2.22. The topological polar surface area (TPSA) is 42.0 Å². The predicted octanol–water partition coefficient (Wildman–Crippen LogP) is 8.54. The monoisotopic (exact) mass is 534 g/mol. The van der Waals surface area contributed by atoms with E-state index in [-0.39, 0.29) is 5.91 Å². The van der Waals surface area contributed by atoms with Crippen molar-refractivity contribution >= 4 is 11.5 Å². The van der Waals surface area contributed by atoms with Gasteiger partial charge in [0.1, 0.15) is 0 Å². The van der Waals surface area contributed by atoms with Crippen molar-refractivity contribution in [2.75, 3.05) is 6.54 Å². The number of unbranched alkanes of at least 4 members (excludes halogenated alkanes) is 1. The summed E-state index contributed by atoms with van der Waals surface area (Å²) >= 11 is 0. The molecule has 1 heterocycles. The number of hydrogen-bond acceptors (Lipinski definition) is 2. The molecule has 5 rings (SSSR count). The highest BCUT2D eigenvalue weighted by Crippen LogP contribution is 2.29. The number of benzene rings is 4. The lowest BCUT2D eigenvalue weighted by atomic mass is 9.94. The number of pyridine rings is 1. The van der Waals surface area contributed by atoms with Crippen LogP contribution < -0.4 is 5.32 Å². The zero-order chi connectivity index (χ0) is 28.1. The highest BCUT2D eigenvalue weighted by Gasteiger charge is 2.07. The van der Waals surface area contributed by atoms with E-state index in [4.69, 9.17) is 0 Å². The molecule has 0 aliphatic carbocycles. The van der Waals surface area contributed by atoms with Gasteiger partial charge < -0.3 is 5.32 Å². The molecule has 0 saturated carbocycles. The molecule has 0 aliphatic heterocycles. The second-order valence-electron chi connectivity index (χ2n) is 9.94. The second-order valence-corrected chi connectivity index (χ2v) is 9.94. The highest BCUT2D eigenvalue weighted by atomic mass is 16.1. The fourth-order valence-electron chi connectivity index (χ4n) is 4.81. The molecule has 1 N–H and O–H groups in total. The Bertz CT molecular complexity index is 1490. The Balaban J connectivity index is 1.28. The summed E-state index contributed by atoms with van der Waals surface area (Å²) in [5.74, 6) is -0.0826. The first-order chi connectivity index (χ1) is 20.3. The van der Waals surface area contributed by atoms with Crippen LogP contribution in [0.1, 0.15) is 29.5 Å². The molecule has 0 saturated heterocycles. The molecule has 202 valence electrons. The Kier molecular flexibility index (Phi) is 9.67. The number of hydrogen-bond donors (Lipinski definition) is 1. The molecule has 3 heteroatoms. The predicted molar refractivity (Wildman–Crippen MR) is 170 cm³/mol. The van der Waals surface area contributed by atoms with Crippen LogP contribution in [0.2, 0.25) is 0 Å². The molecule has 4 aromatic carbocycles. The third kappa shape index (κ3) is 8.00. The number of amides is 1. The summed E-state index contributed by atoms with van der Waals surface area (Å²) in [5.41, 5.74) is 9.20. The van der Waals surface area contributed by atoms with Crippen molar-refractivity contribution in [2.45, 2.75) is 19.3 Å². The Labute approximate surface area is 242 Å². The van der Waals surface area contributed by atoms with Gasteiger partial charge in [-0.15, -0.1) is 0 Å². The smallest absolute Gasteiger partial charge is 0.243 e. The average Bonchev–Trinajstić information content (AvgIpc) is 3.04. The molecule has 5 aromatic rings. The maximum Gasteiger partial charge on any atom is 0.243 e. The summed E-state index contributed by atoms with van der Waals surface area (Å²) in [4.78, 5) is 16.7. The van der Waals surface area contributed by atoms with Crippen molar-refractivity contribution in [3.63, 3.8) is 0 Å². The van der Waals surface area contributed by atoms with Crippen molar-refractivity contribution in [2.24, 2.45) is 0 Å². The van der Waals surface area contributed by atoms with Crippen LogP contribution in [0.5, 0.6) is 0 Å². The van der Waals surface area contributed by atoms with Crippen molar-refractivity contribution < 1.29 is 4.79 Å². The van der Waals surface area contributed by atoms with Crippen LogP contribution in [0.15, 0.2) is 152 Å². The van der Waals surface area contributed by atoms with E-state index in [0.717, 1.165) is 36.0 Å². The van der Waals surface area contributed by atoms with Gasteiger partial charge in [0, 0.05) is 25.0 Å². The van der Waals surface area contributed by atoms with E-state index < -0.39 is 0 Å². The zero-order valence-electron chi connectivity index (χ0n) is 23.1. The molecule has 0 aliphatic rings. The van der Waals surface area contributed by atoms with Gasteiger partial charge in [-0.05, 0) is 69.8 Å². The molecule has 41 heavy (non-hydrogen) atoms. The SMILES string of the molecule is O=C(C=CC=C(c1ccc(-c2ccccc2)cc1)c1ccc(-c2ccccc2)cc1)NCCCCc1cccnc1. The molecule has 3 nitrogen and oxygen atoms in total. The minimum absolute atomic E-state index is 0.0826. The summed E-state index contributed by atoms with van der Waals surface area (Å²) in [6.45, 7) is 0.655. The Morgan fingerprint density at radius 1 is 0.634 bits per heavy atom. The van der Waals surface area contributed by atoms with Gasteiger partial charge in [-0.3, -0.25) is 9.78 Å². The van der Waals surface area contributed by atoms with E-state index >= 15 is 0 Å². The molecule has 1 aromatic heterocycles. The van der Waals surface area contributed by atoms with Gasteiger partial charge in [0.05, 0.1) is 0 Å². The maximum atomic E-state index is 12.5. The molecule has 1 amide bonds. The van der Waals surface area contributed by atoms with Crippen LogP contribution >= 0.6 is 0 Å². The summed E-state index contributed by atoms with van der Waals surface area (Å²) < 4.78 is 0. The van der Waals surface area contributed by atoms with E-state index in [9.17, 15) is 4.79 Å². The first kappa shape index (κ1) is 27.5. The average molecular weight is 535 g/mol. The Hall–Kier alpha value is -5.02. The van der Waals surface area contributed by atoms with Gasteiger partial charge in [0.25, 0.3) is 0 Å². The Morgan fingerprint density at radius 3 is 1.73 bits per heavy atom. The van der Waals surface area contributed by atoms with Gasteiger partial charge in [0.2, 0.25) is 5.91 Å². The summed E-state index contributed by atoms with van der Waals surface area (Å²) in [5, 5.41) is 3.00. The third-order valence-corrected chi connectivity index (χ3v) is 7.03. The number of aryl methyl sites for hydroxylation is 1. The second kappa shape index (κ2) is 14.4. The number of nitrogens with one attached hydrogen (secondary N) is 1. The highest BCUT2D eigenvalue weighted by molar-refractivity contribution is 5.89. The summed E-state index contributed by atoms with van der Waals surface area (Å²) in [6.07, 6.45) is 12.1. The number of carbonyl (C=O) groups excluding carboxylic acids is 1. The minimum Gasteiger partial charge on any atom is -0.353 e. The number of allylic oxidation sites excluding steroid dienone is 2. The van der Waals surface area contributed by atoms with Gasteiger partial charge in [-0.1, -0.05) is 127 Å². The van der Waals surface area contributed by atoms with Gasteiger partial charge in [-0.25, -0.2) is 0 Å². The maximum absolute atomic E-state index is 12.5. The van der Waals surface area contributed by atoms with Crippen molar-refractivity contribution in [3.05, 3.63) is 169 Å². The number of nitrogens with zero attached hydrogens (tertiary/aromatic N) is 1. The van der Waals surface area contributed by atoms with Crippen LogP contribution in [-0.4, -0.2) is 17.4 Å².